The zero-order chi connectivity index (χ0) is 18.6. The molecule has 1 aliphatic heterocycles. The minimum absolute atomic E-state index is 0.244. The van der Waals surface area contributed by atoms with Gasteiger partial charge < -0.3 is 19.7 Å². The minimum Gasteiger partial charge on any atom is -0.389 e. The van der Waals surface area contributed by atoms with E-state index in [0.29, 0.717) is 24.1 Å². The van der Waals surface area contributed by atoms with E-state index in [2.05, 4.69) is 27.4 Å². The fourth-order valence-electron chi connectivity index (χ4n) is 3.27. The second-order valence-electron chi connectivity index (χ2n) is 6.75. The maximum atomic E-state index is 12.5. The summed E-state index contributed by atoms with van der Waals surface area (Å²) in [7, 11) is 0. The number of nitrogens with zero attached hydrogens (tertiary/aromatic N) is 3. The van der Waals surface area contributed by atoms with E-state index >= 15 is 0 Å². The predicted octanol–water partition coefficient (Wildman–Crippen LogP) is 1.55. The molecule has 1 amide bonds. The predicted molar refractivity (Wildman–Crippen MR) is 100 cm³/mol. The number of pyridine rings is 1. The fraction of sp³-hybridized carbons (Fsp3) is 0.350. The Labute approximate surface area is 157 Å². The summed E-state index contributed by atoms with van der Waals surface area (Å²) in [6.45, 7) is 1.55. The number of carbonyl (C=O) groups is 1. The van der Waals surface area contributed by atoms with E-state index in [1.807, 2.05) is 22.8 Å². The summed E-state index contributed by atoms with van der Waals surface area (Å²) in [4.78, 5) is 21.3. The van der Waals surface area contributed by atoms with Crippen LogP contribution >= 0.6 is 0 Å². The molecule has 1 aromatic carbocycles. The number of benzene rings is 1. The smallest absolute Gasteiger partial charge is 0.253 e. The van der Waals surface area contributed by atoms with Crippen molar-refractivity contribution >= 4 is 17.1 Å². The molecule has 0 spiro atoms. The number of aliphatic hydroxyl groups excluding tert-OH is 1. The molecular weight excluding hydrogens is 344 g/mol. The van der Waals surface area contributed by atoms with Gasteiger partial charge in [-0.2, -0.15) is 0 Å². The summed E-state index contributed by atoms with van der Waals surface area (Å²) in [5.41, 5.74) is 3.14. The SMILES string of the molecule is O=C(N[C@H]1CCOC[C@@H]1O)c1cnc2c(c1)ncn2CCc1ccccc1. The fourth-order valence-corrected chi connectivity index (χ4v) is 3.27. The summed E-state index contributed by atoms with van der Waals surface area (Å²) < 4.78 is 7.18. The molecule has 0 bridgehead atoms. The number of rotatable bonds is 5. The van der Waals surface area contributed by atoms with Crippen LogP contribution in [-0.4, -0.2) is 50.9 Å². The summed E-state index contributed by atoms with van der Waals surface area (Å²) in [6.07, 6.45) is 4.11. The first kappa shape index (κ1) is 17.6. The Hall–Kier alpha value is -2.77. The zero-order valence-corrected chi connectivity index (χ0v) is 14.9. The second kappa shape index (κ2) is 7.85. The van der Waals surface area contributed by atoms with Crippen LogP contribution in [0.15, 0.2) is 48.9 Å². The number of hydrogen-bond donors (Lipinski definition) is 2. The van der Waals surface area contributed by atoms with Gasteiger partial charge in [0, 0.05) is 19.3 Å². The number of amides is 1. The highest BCUT2D eigenvalue weighted by Gasteiger charge is 2.25. The third-order valence-corrected chi connectivity index (χ3v) is 4.84. The monoisotopic (exact) mass is 366 g/mol. The van der Waals surface area contributed by atoms with E-state index in [4.69, 9.17) is 4.74 Å². The van der Waals surface area contributed by atoms with Gasteiger partial charge in [-0.05, 0) is 24.5 Å². The molecule has 140 valence electrons. The van der Waals surface area contributed by atoms with Crippen molar-refractivity contribution in [1.82, 2.24) is 19.9 Å². The summed E-state index contributed by atoms with van der Waals surface area (Å²) in [6, 6.07) is 11.7. The third kappa shape index (κ3) is 3.99. The van der Waals surface area contributed by atoms with E-state index < -0.39 is 6.10 Å². The maximum absolute atomic E-state index is 12.5. The first-order valence-electron chi connectivity index (χ1n) is 9.12. The van der Waals surface area contributed by atoms with E-state index in [9.17, 15) is 9.90 Å². The Bertz CT molecular complexity index is 925. The Morgan fingerprint density at radius 1 is 1.30 bits per heavy atom. The standard InChI is InChI=1S/C20H22N4O3/c25-18-12-27-9-7-16(18)23-20(26)15-10-17-19(21-11-15)24(13-22-17)8-6-14-4-2-1-3-5-14/h1-5,10-11,13,16,18,25H,6-9,12H2,(H,23,26)/t16-,18-/m0/s1. The molecule has 4 rings (SSSR count). The molecule has 0 aliphatic carbocycles. The number of aromatic nitrogens is 3. The van der Waals surface area contributed by atoms with Crippen LogP contribution in [0.2, 0.25) is 0 Å². The summed E-state index contributed by atoms with van der Waals surface area (Å²) in [5, 5.41) is 12.8. The van der Waals surface area contributed by atoms with E-state index in [-0.39, 0.29) is 18.6 Å². The Kier molecular flexibility index (Phi) is 5.13. The Balaban J connectivity index is 1.46. The van der Waals surface area contributed by atoms with Gasteiger partial charge in [0.1, 0.15) is 5.52 Å². The molecule has 7 heteroatoms. The molecule has 1 fully saturated rings. The summed E-state index contributed by atoms with van der Waals surface area (Å²) >= 11 is 0. The van der Waals surface area contributed by atoms with Crippen molar-refractivity contribution in [2.45, 2.75) is 31.5 Å². The van der Waals surface area contributed by atoms with Crippen LogP contribution in [0, 0.1) is 0 Å². The Morgan fingerprint density at radius 3 is 2.96 bits per heavy atom. The number of nitrogens with one attached hydrogen (secondary N) is 1. The van der Waals surface area contributed by atoms with Crippen LogP contribution in [-0.2, 0) is 17.7 Å². The van der Waals surface area contributed by atoms with Gasteiger partial charge in [-0.3, -0.25) is 4.79 Å². The lowest BCUT2D eigenvalue weighted by molar-refractivity contribution is -0.0260. The molecule has 1 saturated heterocycles. The maximum Gasteiger partial charge on any atom is 0.253 e. The van der Waals surface area contributed by atoms with Crippen LogP contribution in [0.3, 0.4) is 0 Å². The molecule has 2 aromatic heterocycles. The van der Waals surface area contributed by atoms with Crippen molar-refractivity contribution < 1.29 is 14.6 Å². The van der Waals surface area contributed by atoms with Crippen LogP contribution in [0.4, 0.5) is 0 Å². The first-order valence-corrected chi connectivity index (χ1v) is 9.12. The van der Waals surface area contributed by atoms with E-state index in [1.54, 1.807) is 18.6 Å². The molecule has 3 aromatic rings. The highest BCUT2D eigenvalue weighted by molar-refractivity contribution is 5.96. The van der Waals surface area contributed by atoms with Crippen molar-refractivity contribution in [3.05, 3.63) is 60.0 Å². The number of ether oxygens (including phenoxy) is 1. The third-order valence-electron chi connectivity index (χ3n) is 4.84. The van der Waals surface area contributed by atoms with E-state index in [0.717, 1.165) is 18.6 Å². The minimum atomic E-state index is -0.684. The molecule has 1 aliphatic rings. The lowest BCUT2D eigenvalue weighted by atomic mass is 10.1. The van der Waals surface area contributed by atoms with Crippen molar-refractivity contribution in [3.63, 3.8) is 0 Å². The molecule has 0 saturated carbocycles. The first-order chi connectivity index (χ1) is 13.2. The normalized spacial score (nSPS) is 19.9. The van der Waals surface area contributed by atoms with Gasteiger partial charge in [-0.15, -0.1) is 0 Å². The van der Waals surface area contributed by atoms with Crippen molar-refractivity contribution in [2.24, 2.45) is 0 Å². The lowest BCUT2D eigenvalue weighted by Crippen LogP contribution is -2.48. The molecule has 27 heavy (non-hydrogen) atoms. The van der Waals surface area contributed by atoms with Gasteiger partial charge >= 0.3 is 0 Å². The second-order valence-corrected chi connectivity index (χ2v) is 6.75. The average molecular weight is 366 g/mol. The molecule has 0 radical (unpaired) electrons. The van der Waals surface area contributed by atoms with E-state index in [1.165, 1.54) is 5.56 Å². The number of aryl methyl sites for hydroxylation is 2. The molecule has 0 unspecified atom stereocenters. The number of hydrogen-bond acceptors (Lipinski definition) is 5. The van der Waals surface area contributed by atoms with Crippen LogP contribution in [0.25, 0.3) is 11.2 Å². The molecule has 7 nitrogen and oxygen atoms in total. The number of imidazole rings is 1. The molecular formula is C20H22N4O3. The van der Waals surface area contributed by atoms with Crippen molar-refractivity contribution in [2.75, 3.05) is 13.2 Å². The lowest BCUT2D eigenvalue weighted by Gasteiger charge is -2.28. The highest BCUT2D eigenvalue weighted by atomic mass is 16.5. The van der Waals surface area contributed by atoms with Gasteiger partial charge in [0.05, 0.1) is 30.6 Å². The van der Waals surface area contributed by atoms with Crippen LogP contribution in [0.1, 0.15) is 22.3 Å². The van der Waals surface area contributed by atoms with Gasteiger partial charge in [-0.1, -0.05) is 30.3 Å². The Morgan fingerprint density at radius 2 is 2.15 bits per heavy atom. The van der Waals surface area contributed by atoms with Crippen LogP contribution in [0.5, 0.6) is 0 Å². The number of carbonyl (C=O) groups excluding carboxylic acids is 1. The van der Waals surface area contributed by atoms with Gasteiger partial charge in [0.25, 0.3) is 5.91 Å². The van der Waals surface area contributed by atoms with Crippen molar-refractivity contribution in [3.8, 4) is 0 Å². The zero-order valence-electron chi connectivity index (χ0n) is 14.9. The quantitative estimate of drug-likeness (QED) is 0.715. The largest absolute Gasteiger partial charge is 0.389 e. The summed E-state index contributed by atoms with van der Waals surface area (Å²) in [5.74, 6) is -0.255. The highest BCUT2D eigenvalue weighted by Crippen LogP contribution is 2.14. The van der Waals surface area contributed by atoms with Gasteiger partial charge in [0.15, 0.2) is 5.65 Å². The van der Waals surface area contributed by atoms with Gasteiger partial charge in [-0.25, -0.2) is 9.97 Å². The number of aliphatic hydroxyl groups is 1. The van der Waals surface area contributed by atoms with Crippen molar-refractivity contribution in [1.29, 1.82) is 0 Å². The topological polar surface area (TPSA) is 89.3 Å². The van der Waals surface area contributed by atoms with Crippen LogP contribution < -0.4 is 5.32 Å². The molecule has 2 N–H and O–H groups in total. The molecule has 3 heterocycles. The molecule has 2 atom stereocenters. The van der Waals surface area contributed by atoms with Gasteiger partial charge in [0.2, 0.25) is 0 Å². The number of fused-ring (bicyclic) bond motifs is 1. The average Bonchev–Trinajstić information content (AvgIpc) is 3.11.